The highest BCUT2D eigenvalue weighted by molar-refractivity contribution is 7.92. The van der Waals surface area contributed by atoms with Crippen molar-refractivity contribution in [3.05, 3.63) is 42.6 Å². The van der Waals surface area contributed by atoms with Crippen LogP contribution in [-0.4, -0.2) is 47.6 Å². The molecule has 2 aliphatic heterocycles. The second-order valence-corrected chi connectivity index (χ2v) is 7.58. The van der Waals surface area contributed by atoms with Crippen LogP contribution in [0.25, 0.3) is 0 Å². The molecule has 0 radical (unpaired) electrons. The van der Waals surface area contributed by atoms with E-state index in [1.165, 1.54) is 30.3 Å². The molecule has 3 rings (SSSR count). The maximum absolute atomic E-state index is 13.7. The first kappa shape index (κ1) is 15.0. The van der Waals surface area contributed by atoms with E-state index in [1.807, 2.05) is 0 Å². The number of alkyl halides is 2. The molecule has 8 heteroatoms. The van der Waals surface area contributed by atoms with Gasteiger partial charge in [-0.25, -0.2) is 22.0 Å². The minimum absolute atomic E-state index is 0.0812. The number of benzene rings is 1. The normalized spacial score (nSPS) is 29.5. The lowest BCUT2D eigenvalue weighted by molar-refractivity contribution is -0.147. The topological polar surface area (TPSA) is 74.7 Å². The second-order valence-electron chi connectivity index (χ2n) is 5.51. The predicted octanol–water partition coefficient (Wildman–Crippen LogP) is 1.52. The van der Waals surface area contributed by atoms with Crippen LogP contribution in [0.2, 0.25) is 0 Å². The van der Waals surface area contributed by atoms with Gasteiger partial charge in [0.05, 0.1) is 11.4 Å². The van der Waals surface area contributed by atoms with E-state index in [1.54, 1.807) is 6.07 Å². The predicted molar refractivity (Wildman–Crippen MR) is 73.2 cm³/mol. The molecular formula is C14H13F2NO4S. The van der Waals surface area contributed by atoms with Crippen LogP contribution < -0.4 is 0 Å². The van der Waals surface area contributed by atoms with Gasteiger partial charge in [0.25, 0.3) is 5.92 Å². The van der Waals surface area contributed by atoms with Gasteiger partial charge in [-0.2, -0.15) is 0 Å². The molecule has 5 nitrogen and oxygen atoms in total. The summed E-state index contributed by atoms with van der Waals surface area (Å²) in [6.45, 7) is -0.795. The summed E-state index contributed by atoms with van der Waals surface area (Å²) in [6.07, 6.45) is 1.31. The average molecular weight is 329 g/mol. The van der Waals surface area contributed by atoms with Crippen molar-refractivity contribution in [3.63, 3.8) is 0 Å². The van der Waals surface area contributed by atoms with Crippen molar-refractivity contribution >= 4 is 15.8 Å². The summed E-state index contributed by atoms with van der Waals surface area (Å²) in [4.78, 5) is 12.6. The largest absolute Gasteiger partial charge is 0.479 e. The number of nitrogens with zero attached hydrogens (tertiary/aromatic N) is 1. The maximum Gasteiger partial charge on any atom is 0.331 e. The second kappa shape index (κ2) is 4.52. The highest BCUT2D eigenvalue weighted by Gasteiger charge is 2.66. The molecule has 0 aromatic heterocycles. The fraction of sp³-hybridized carbons (Fsp3) is 0.357. The molecule has 1 aromatic carbocycles. The first-order valence-corrected chi connectivity index (χ1v) is 8.10. The van der Waals surface area contributed by atoms with Gasteiger partial charge in [0.15, 0.2) is 15.4 Å². The summed E-state index contributed by atoms with van der Waals surface area (Å²) in [7, 11) is -4.09. The fourth-order valence-electron chi connectivity index (χ4n) is 3.17. The van der Waals surface area contributed by atoms with E-state index in [0.717, 1.165) is 11.1 Å². The number of sulfone groups is 1. The van der Waals surface area contributed by atoms with E-state index in [4.69, 9.17) is 0 Å². The number of carboxylic acid groups (broad SMARTS) is 1. The maximum atomic E-state index is 13.7. The van der Waals surface area contributed by atoms with Crippen LogP contribution in [0, 0.1) is 0 Å². The fourth-order valence-corrected chi connectivity index (χ4v) is 5.11. The molecule has 1 saturated heterocycles. The zero-order chi connectivity index (χ0) is 16.2. The van der Waals surface area contributed by atoms with Gasteiger partial charge in [-0.15, -0.1) is 0 Å². The van der Waals surface area contributed by atoms with E-state index < -0.39 is 45.5 Å². The van der Waals surface area contributed by atoms with Crippen LogP contribution >= 0.6 is 0 Å². The van der Waals surface area contributed by atoms with E-state index in [-0.39, 0.29) is 4.90 Å². The Bertz CT molecular complexity index is 747. The molecule has 0 amide bonds. The number of aliphatic carboxylic acids is 1. The Kier molecular flexibility index (Phi) is 3.07. The number of hydrogen-bond acceptors (Lipinski definition) is 4. The molecule has 2 atom stereocenters. The molecule has 0 spiro atoms. The molecule has 1 fully saturated rings. The van der Waals surface area contributed by atoms with Gasteiger partial charge < -0.3 is 10.0 Å². The number of carboxylic acids is 1. The third-order valence-corrected chi connectivity index (χ3v) is 6.28. The highest BCUT2D eigenvalue weighted by atomic mass is 32.2. The van der Waals surface area contributed by atoms with Crippen molar-refractivity contribution < 1.29 is 27.1 Å². The van der Waals surface area contributed by atoms with Crippen molar-refractivity contribution in [2.45, 2.75) is 28.0 Å². The summed E-state index contributed by atoms with van der Waals surface area (Å²) >= 11 is 0. The van der Waals surface area contributed by atoms with Gasteiger partial charge in [-0.05, 0) is 24.4 Å². The van der Waals surface area contributed by atoms with Crippen LogP contribution in [0.3, 0.4) is 0 Å². The summed E-state index contributed by atoms with van der Waals surface area (Å²) in [5.41, 5.74) is -2.15. The monoisotopic (exact) mass is 329 g/mol. The zero-order valence-electron chi connectivity index (χ0n) is 11.3. The molecule has 2 heterocycles. The van der Waals surface area contributed by atoms with Gasteiger partial charge >= 0.3 is 5.97 Å². The number of rotatable bonds is 3. The Balaban J connectivity index is 2.12. The summed E-state index contributed by atoms with van der Waals surface area (Å²) in [5, 5.41) is 7.96. The van der Waals surface area contributed by atoms with Crippen molar-refractivity contribution in [1.29, 1.82) is 0 Å². The van der Waals surface area contributed by atoms with Crippen LogP contribution in [-0.2, 0) is 14.6 Å². The van der Waals surface area contributed by atoms with Crippen molar-refractivity contribution in [2.75, 3.05) is 6.54 Å². The van der Waals surface area contributed by atoms with Crippen molar-refractivity contribution in [3.8, 4) is 0 Å². The molecule has 0 aliphatic carbocycles. The minimum atomic E-state index is -4.09. The van der Waals surface area contributed by atoms with Gasteiger partial charge in [0.2, 0.25) is 0 Å². The summed E-state index contributed by atoms with van der Waals surface area (Å²) in [5.74, 6) is -4.80. The lowest BCUT2D eigenvalue weighted by Gasteiger charge is -2.32. The SMILES string of the molecule is O=C(O)C12CC(F)(F)CN1C=CC2S(=O)(=O)c1ccccc1. The summed E-state index contributed by atoms with van der Waals surface area (Å²) < 4.78 is 52.8. The molecule has 1 N–H and O–H groups in total. The number of halogens is 2. The molecule has 2 unspecified atom stereocenters. The Morgan fingerprint density at radius 1 is 1.27 bits per heavy atom. The molecule has 0 bridgehead atoms. The summed E-state index contributed by atoms with van der Waals surface area (Å²) in [6, 6.07) is 7.27. The molecule has 2 aliphatic rings. The Morgan fingerprint density at radius 3 is 2.50 bits per heavy atom. The van der Waals surface area contributed by atoms with E-state index in [0.29, 0.717) is 0 Å². The van der Waals surface area contributed by atoms with Crippen LogP contribution in [0.4, 0.5) is 8.78 Å². The first-order valence-electron chi connectivity index (χ1n) is 6.55. The lowest BCUT2D eigenvalue weighted by Crippen LogP contribution is -2.55. The van der Waals surface area contributed by atoms with Gasteiger partial charge in [-0.1, -0.05) is 18.2 Å². The van der Waals surface area contributed by atoms with E-state index in [2.05, 4.69) is 0 Å². The number of fused-ring (bicyclic) bond motifs is 1. The van der Waals surface area contributed by atoms with Crippen LogP contribution in [0.15, 0.2) is 47.5 Å². The molecule has 22 heavy (non-hydrogen) atoms. The Morgan fingerprint density at radius 2 is 1.91 bits per heavy atom. The van der Waals surface area contributed by atoms with E-state index in [9.17, 15) is 27.1 Å². The Hall–Kier alpha value is -1.96. The zero-order valence-corrected chi connectivity index (χ0v) is 12.1. The van der Waals surface area contributed by atoms with Gasteiger partial charge in [0.1, 0.15) is 5.25 Å². The first-order chi connectivity index (χ1) is 10.2. The quantitative estimate of drug-likeness (QED) is 0.910. The van der Waals surface area contributed by atoms with Crippen molar-refractivity contribution in [1.82, 2.24) is 4.90 Å². The third-order valence-electron chi connectivity index (χ3n) is 4.13. The Labute approximate surface area is 125 Å². The third kappa shape index (κ3) is 1.93. The average Bonchev–Trinajstić information content (AvgIpc) is 2.91. The van der Waals surface area contributed by atoms with E-state index >= 15 is 0 Å². The van der Waals surface area contributed by atoms with Crippen LogP contribution in [0.1, 0.15) is 6.42 Å². The van der Waals surface area contributed by atoms with Gasteiger partial charge in [0, 0.05) is 6.42 Å². The molecule has 118 valence electrons. The van der Waals surface area contributed by atoms with Gasteiger partial charge in [-0.3, -0.25) is 0 Å². The smallest absolute Gasteiger partial charge is 0.331 e. The molecule has 0 saturated carbocycles. The standard InChI is InChI=1S/C14H13F2NO4S/c15-13(16)8-14(12(18)19)11(6-7-17(14)9-13)22(20,21)10-4-2-1-3-5-10/h1-7,11H,8-9H2,(H,18,19). The number of carbonyl (C=O) groups is 1. The molecule has 1 aromatic rings. The lowest BCUT2D eigenvalue weighted by atomic mass is 9.93. The molecular weight excluding hydrogens is 316 g/mol. The highest BCUT2D eigenvalue weighted by Crippen LogP contribution is 2.48. The van der Waals surface area contributed by atoms with Crippen molar-refractivity contribution in [2.24, 2.45) is 0 Å². The number of hydrogen-bond donors (Lipinski definition) is 1. The van der Waals surface area contributed by atoms with Crippen LogP contribution in [0.5, 0.6) is 0 Å². The minimum Gasteiger partial charge on any atom is -0.479 e.